The highest BCUT2D eigenvalue weighted by Gasteiger charge is 2.23. The van der Waals surface area contributed by atoms with Crippen molar-refractivity contribution < 1.29 is 14.3 Å². The first-order valence-corrected chi connectivity index (χ1v) is 6.66. The maximum Gasteiger partial charge on any atom is 0.319 e. The first-order valence-electron chi connectivity index (χ1n) is 6.66. The standard InChI is InChI=1S/C14H19N3O3/c1-11(13(18)17-7-9-20-10-8-17)15-14(19)16-12-5-3-2-4-6-12/h2-6,11H,7-10H2,1H3,(H2,15,16,19)/t11-/m0/s1. The summed E-state index contributed by atoms with van der Waals surface area (Å²) in [6.45, 7) is 3.93. The molecule has 6 nitrogen and oxygen atoms in total. The number of morpholine rings is 1. The fraction of sp³-hybridized carbons (Fsp3) is 0.429. The van der Waals surface area contributed by atoms with Crippen LogP contribution in [0.25, 0.3) is 0 Å². The first-order chi connectivity index (χ1) is 9.66. The van der Waals surface area contributed by atoms with Crippen molar-refractivity contribution in [2.45, 2.75) is 13.0 Å². The van der Waals surface area contributed by atoms with E-state index in [1.807, 2.05) is 18.2 Å². The minimum atomic E-state index is -0.559. The van der Waals surface area contributed by atoms with Crippen molar-refractivity contribution in [1.29, 1.82) is 0 Å². The number of urea groups is 1. The Bertz CT molecular complexity index is 458. The van der Waals surface area contributed by atoms with Crippen LogP contribution in [0.3, 0.4) is 0 Å². The minimum absolute atomic E-state index is 0.0866. The molecule has 1 aliphatic rings. The van der Waals surface area contributed by atoms with E-state index in [2.05, 4.69) is 10.6 Å². The number of carbonyl (C=O) groups is 2. The summed E-state index contributed by atoms with van der Waals surface area (Å²) in [5.41, 5.74) is 0.691. The Kier molecular flexibility index (Phi) is 4.95. The Hall–Kier alpha value is -2.08. The van der Waals surface area contributed by atoms with Gasteiger partial charge in [-0.1, -0.05) is 18.2 Å². The van der Waals surface area contributed by atoms with Crippen molar-refractivity contribution in [3.63, 3.8) is 0 Å². The first kappa shape index (κ1) is 14.3. The molecule has 6 heteroatoms. The van der Waals surface area contributed by atoms with Crippen molar-refractivity contribution in [3.8, 4) is 0 Å². The molecule has 0 saturated carbocycles. The van der Waals surface area contributed by atoms with E-state index in [9.17, 15) is 9.59 Å². The lowest BCUT2D eigenvalue weighted by atomic mass is 10.2. The quantitative estimate of drug-likeness (QED) is 0.867. The number of nitrogens with zero attached hydrogens (tertiary/aromatic N) is 1. The molecule has 1 aromatic rings. The van der Waals surface area contributed by atoms with Gasteiger partial charge in [0.2, 0.25) is 5.91 Å². The van der Waals surface area contributed by atoms with Crippen LogP contribution in [0.15, 0.2) is 30.3 Å². The van der Waals surface area contributed by atoms with Gasteiger partial charge in [-0.2, -0.15) is 0 Å². The Labute approximate surface area is 118 Å². The van der Waals surface area contributed by atoms with Crippen LogP contribution in [0.4, 0.5) is 10.5 Å². The van der Waals surface area contributed by atoms with Crippen molar-refractivity contribution >= 4 is 17.6 Å². The summed E-state index contributed by atoms with van der Waals surface area (Å²) in [6, 6.07) is 8.16. The summed E-state index contributed by atoms with van der Waals surface area (Å²) in [4.78, 5) is 25.6. The Morgan fingerprint density at radius 3 is 2.50 bits per heavy atom. The average Bonchev–Trinajstić information content (AvgIpc) is 2.48. The second-order valence-electron chi connectivity index (χ2n) is 4.62. The third kappa shape index (κ3) is 3.96. The van der Waals surface area contributed by atoms with Gasteiger partial charge in [0.25, 0.3) is 0 Å². The van der Waals surface area contributed by atoms with Crippen LogP contribution >= 0.6 is 0 Å². The minimum Gasteiger partial charge on any atom is -0.378 e. The van der Waals surface area contributed by atoms with Crippen LogP contribution in [0, 0.1) is 0 Å². The second-order valence-corrected chi connectivity index (χ2v) is 4.62. The van der Waals surface area contributed by atoms with Gasteiger partial charge in [0.05, 0.1) is 13.2 Å². The molecule has 0 aromatic heterocycles. The van der Waals surface area contributed by atoms with Gasteiger partial charge < -0.3 is 20.3 Å². The zero-order chi connectivity index (χ0) is 14.4. The van der Waals surface area contributed by atoms with E-state index in [1.165, 1.54) is 0 Å². The van der Waals surface area contributed by atoms with Crippen LogP contribution < -0.4 is 10.6 Å². The van der Waals surface area contributed by atoms with Crippen LogP contribution in [0.5, 0.6) is 0 Å². The highest BCUT2D eigenvalue weighted by Crippen LogP contribution is 2.05. The SMILES string of the molecule is C[C@H](NC(=O)Nc1ccccc1)C(=O)N1CCOCC1. The third-order valence-electron chi connectivity index (χ3n) is 3.07. The number of para-hydroxylation sites is 1. The number of benzene rings is 1. The zero-order valence-corrected chi connectivity index (χ0v) is 11.5. The van der Waals surface area contributed by atoms with Crippen molar-refractivity contribution in [1.82, 2.24) is 10.2 Å². The van der Waals surface area contributed by atoms with E-state index in [-0.39, 0.29) is 11.9 Å². The van der Waals surface area contributed by atoms with E-state index >= 15 is 0 Å². The summed E-state index contributed by atoms with van der Waals surface area (Å²) >= 11 is 0. The summed E-state index contributed by atoms with van der Waals surface area (Å²) in [5, 5.41) is 5.33. The molecule has 1 fully saturated rings. The molecular weight excluding hydrogens is 258 g/mol. The Morgan fingerprint density at radius 2 is 1.85 bits per heavy atom. The molecule has 108 valence electrons. The van der Waals surface area contributed by atoms with Crippen LogP contribution in [-0.2, 0) is 9.53 Å². The molecule has 3 amide bonds. The van der Waals surface area contributed by atoms with Gasteiger partial charge >= 0.3 is 6.03 Å². The van der Waals surface area contributed by atoms with E-state index in [0.29, 0.717) is 32.0 Å². The van der Waals surface area contributed by atoms with Gasteiger partial charge in [-0.3, -0.25) is 4.79 Å². The Morgan fingerprint density at radius 1 is 1.20 bits per heavy atom. The molecule has 0 spiro atoms. The van der Waals surface area contributed by atoms with E-state index in [0.717, 1.165) is 0 Å². The van der Waals surface area contributed by atoms with Crippen molar-refractivity contribution in [2.75, 3.05) is 31.6 Å². The molecule has 2 rings (SSSR count). The molecule has 1 atom stereocenters. The van der Waals surface area contributed by atoms with Crippen LogP contribution in [0.1, 0.15) is 6.92 Å². The summed E-state index contributed by atoms with van der Waals surface area (Å²) in [7, 11) is 0. The van der Waals surface area contributed by atoms with Gasteiger partial charge in [-0.05, 0) is 19.1 Å². The summed E-state index contributed by atoms with van der Waals surface area (Å²) in [6.07, 6.45) is 0. The predicted molar refractivity (Wildman–Crippen MR) is 75.5 cm³/mol. The highest BCUT2D eigenvalue weighted by molar-refractivity contribution is 5.93. The summed E-state index contributed by atoms with van der Waals surface area (Å²) in [5.74, 6) is -0.0866. The van der Waals surface area contributed by atoms with Crippen LogP contribution in [0.2, 0.25) is 0 Å². The number of anilines is 1. The number of ether oxygens (including phenoxy) is 1. The molecule has 1 aliphatic heterocycles. The molecule has 0 bridgehead atoms. The largest absolute Gasteiger partial charge is 0.378 e. The lowest BCUT2D eigenvalue weighted by Gasteiger charge is -2.29. The number of nitrogens with one attached hydrogen (secondary N) is 2. The maximum absolute atomic E-state index is 12.1. The monoisotopic (exact) mass is 277 g/mol. The normalized spacial score (nSPS) is 16.4. The van der Waals surface area contributed by atoms with Crippen molar-refractivity contribution in [3.05, 3.63) is 30.3 Å². The molecule has 1 heterocycles. The van der Waals surface area contributed by atoms with Gasteiger partial charge in [-0.15, -0.1) is 0 Å². The smallest absolute Gasteiger partial charge is 0.319 e. The molecule has 0 radical (unpaired) electrons. The molecule has 20 heavy (non-hydrogen) atoms. The Balaban J connectivity index is 1.82. The van der Waals surface area contributed by atoms with Gasteiger partial charge in [-0.25, -0.2) is 4.79 Å². The number of hydrogen-bond donors (Lipinski definition) is 2. The zero-order valence-electron chi connectivity index (χ0n) is 11.5. The lowest BCUT2D eigenvalue weighted by molar-refractivity contribution is -0.136. The predicted octanol–water partition coefficient (Wildman–Crippen LogP) is 1.06. The topological polar surface area (TPSA) is 70.7 Å². The third-order valence-corrected chi connectivity index (χ3v) is 3.07. The lowest BCUT2D eigenvalue weighted by Crippen LogP contribution is -2.51. The van der Waals surface area contributed by atoms with Crippen LogP contribution in [-0.4, -0.2) is 49.2 Å². The average molecular weight is 277 g/mol. The fourth-order valence-corrected chi connectivity index (χ4v) is 2.00. The van der Waals surface area contributed by atoms with E-state index in [4.69, 9.17) is 4.74 Å². The fourth-order valence-electron chi connectivity index (χ4n) is 2.00. The second kappa shape index (κ2) is 6.91. The number of carbonyl (C=O) groups excluding carboxylic acids is 2. The molecule has 1 aromatic carbocycles. The van der Waals surface area contributed by atoms with Gasteiger partial charge in [0.1, 0.15) is 6.04 Å². The van der Waals surface area contributed by atoms with Crippen molar-refractivity contribution in [2.24, 2.45) is 0 Å². The van der Waals surface area contributed by atoms with E-state index in [1.54, 1.807) is 24.0 Å². The van der Waals surface area contributed by atoms with Gasteiger partial charge in [0, 0.05) is 18.8 Å². The maximum atomic E-state index is 12.1. The number of hydrogen-bond acceptors (Lipinski definition) is 3. The molecule has 2 N–H and O–H groups in total. The molecular formula is C14H19N3O3. The number of rotatable bonds is 3. The summed E-state index contributed by atoms with van der Waals surface area (Å²) < 4.78 is 5.20. The molecule has 1 saturated heterocycles. The molecule has 0 unspecified atom stereocenters. The molecule has 0 aliphatic carbocycles. The van der Waals surface area contributed by atoms with E-state index < -0.39 is 6.04 Å². The highest BCUT2D eigenvalue weighted by atomic mass is 16.5. The van der Waals surface area contributed by atoms with Gasteiger partial charge in [0.15, 0.2) is 0 Å². The number of amides is 3.